The molecule has 0 bridgehead atoms. The van der Waals surface area contributed by atoms with Crippen LogP contribution in [0.15, 0.2) is 12.2 Å². The first kappa shape index (κ1) is 46.9. The van der Waals surface area contributed by atoms with Gasteiger partial charge in [-0.15, -0.1) is 0 Å². The van der Waals surface area contributed by atoms with Gasteiger partial charge in [0.25, 0.3) is 0 Å². The fraction of sp³-hybridized carbons (Fsp3) is 0.925. The van der Waals surface area contributed by atoms with Crippen LogP contribution in [0.5, 0.6) is 0 Å². The third kappa shape index (κ3) is 22.1. The van der Waals surface area contributed by atoms with Crippen LogP contribution in [0.2, 0.25) is 0 Å². The van der Waals surface area contributed by atoms with Gasteiger partial charge in [0.15, 0.2) is 6.29 Å². The maximum Gasteiger partial charge on any atom is 0.249 e. The number of carbonyl (C=O) groups excluding carboxylic acids is 1. The predicted molar refractivity (Wildman–Crippen MR) is 200 cm³/mol. The van der Waals surface area contributed by atoms with Crippen molar-refractivity contribution in [1.82, 2.24) is 5.32 Å². The van der Waals surface area contributed by atoms with E-state index >= 15 is 0 Å². The highest BCUT2D eigenvalue weighted by Gasteiger charge is 2.44. The SMILES string of the molecule is CCCCCCCCCCCC/C=C/C(O)C(COC1OC(CO)C(O)C(O)C1O)NC(=O)C(O)CCCCCCCCCCCCCCC. The number of amides is 1. The van der Waals surface area contributed by atoms with Crippen molar-refractivity contribution in [3.63, 3.8) is 0 Å². The summed E-state index contributed by atoms with van der Waals surface area (Å²) in [5.41, 5.74) is 0. The zero-order chi connectivity index (χ0) is 36.8. The standard InChI is InChI=1S/C40H77NO9/c1-3-5-7-9-11-13-15-17-19-21-23-25-27-29-34(44)39(48)41-32(31-49-40-38(47)37(46)36(45)35(30-42)50-40)33(43)28-26-24-22-20-18-16-14-12-10-8-6-4-2/h26,28,32-38,40,42-47H,3-25,27,29-31H2,1-2H3,(H,41,48)/b28-26+. The Kier molecular flexibility index (Phi) is 29.5. The van der Waals surface area contributed by atoms with Gasteiger partial charge in [0.2, 0.25) is 5.91 Å². The molecule has 1 fully saturated rings. The first-order valence-corrected chi connectivity index (χ1v) is 20.5. The molecule has 1 aliphatic heterocycles. The van der Waals surface area contributed by atoms with Gasteiger partial charge in [-0.1, -0.05) is 167 Å². The van der Waals surface area contributed by atoms with Crippen molar-refractivity contribution in [1.29, 1.82) is 0 Å². The lowest BCUT2D eigenvalue weighted by Gasteiger charge is -2.40. The molecule has 8 atom stereocenters. The molecule has 8 unspecified atom stereocenters. The van der Waals surface area contributed by atoms with Crippen LogP contribution in [0.1, 0.15) is 174 Å². The molecule has 1 aliphatic rings. The summed E-state index contributed by atoms with van der Waals surface area (Å²) in [5.74, 6) is -0.617. The monoisotopic (exact) mass is 716 g/mol. The van der Waals surface area contributed by atoms with E-state index in [1.807, 2.05) is 6.08 Å². The van der Waals surface area contributed by atoms with Crippen molar-refractivity contribution >= 4 is 5.91 Å². The summed E-state index contributed by atoms with van der Waals surface area (Å²) in [6.45, 7) is 3.57. The third-order valence-corrected chi connectivity index (χ3v) is 9.97. The van der Waals surface area contributed by atoms with Crippen LogP contribution >= 0.6 is 0 Å². The second-order valence-corrected chi connectivity index (χ2v) is 14.6. The fourth-order valence-corrected chi connectivity index (χ4v) is 6.51. The molecule has 296 valence electrons. The van der Waals surface area contributed by atoms with Crippen LogP contribution in [0.25, 0.3) is 0 Å². The molecule has 0 radical (unpaired) electrons. The highest BCUT2D eigenvalue weighted by Crippen LogP contribution is 2.22. The quantitative estimate of drug-likeness (QED) is 0.0302. The van der Waals surface area contributed by atoms with Gasteiger partial charge < -0.3 is 45.4 Å². The van der Waals surface area contributed by atoms with Gasteiger partial charge in [-0.25, -0.2) is 0 Å². The molecule has 1 saturated heterocycles. The molecule has 10 heteroatoms. The van der Waals surface area contributed by atoms with Crippen molar-refractivity contribution in [3.8, 4) is 0 Å². The maximum absolute atomic E-state index is 13.0. The molecule has 0 aromatic heterocycles. The Hall–Kier alpha value is -1.11. The van der Waals surface area contributed by atoms with Crippen molar-refractivity contribution in [2.75, 3.05) is 13.2 Å². The van der Waals surface area contributed by atoms with Gasteiger partial charge in [0.1, 0.15) is 30.5 Å². The Labute approximate surface area is 304 Å². The molecule has 1 rings (SSSR count). The van der Waals surface area contributed by atoms with Gasteiger partial charge >= 0.3 is 0 Å². The highest BCUT2D eigenvalue weighted by molar-refractivity contribution is 5.80. The summed E-state index contributed by atoms with van der Waals surface area (Å²) in [7, 11) is 0. The molecule has 1 heterocycles. The second kappa shape index (κ2) is 31.4. The van der Waals surface area contributed by atoms with Crippen LogP contribution in [0.4, 0.5) is 0 Å². The molecule has 0 spiro atoms. The van der Waals surface area contributed by atoms with Gasteiger partial charge in [-0.05, 0) is 19.3 Å². The number of rotatable bonds is 33. The first-order chi connectivity index (χ1) is 24.3. The molecule has 0 aromatic carbocycles. The minimum Gasteiger partial charge on any atom is -0.394 e. The maximum atomic E-state index is 13.0. The summed E-state index contributed by atoms with van der Waals surface area (Å²) in [6, 6.07) is -0.972. The molecule has 7 N–H and O–H groups in total. The molecule has 0 aromatic rings. The van der Waals surface area contributed by atoms with Gasteiger partial charge in [-0.3, -0.25) is 4.79 Å². The summed E-state index contributed by atoms with van der Waals surface area (Å²) in [4.78, 5) is 13.0. The molecule has 0 saturated carbocycles. The van der Waals surface area contributed by atoms with E-state index in [0.29, 0.717) is 6.42 Å². The smallest absolute Gasteiger partial charge is 0.249 e. The van der Waals surface area contributed by atoms with Crippen molar-refractivity contribution in [2.45, 2.75) is 223 Å². The van der Waals surface area contributed by atoms with E-state index in [-0.39, 0.29) is 6.61 Å². The van der Waals surface area contributed by atoms with Crippen LogP contribution < -0.4 is 5.32 Å². The van der Waals surface area contributed by atoms with Crippen molar-refractivity contribution in [2.24, 2.45) is 0 Å². The average Bonchev–Trinajstić information content (AvgIpc) is 3.11. The molecule has 1 amide bonds. The molecule has 0 aliphatic carbocycles. The number of unbranched alkanes of at least 4 members (excludes halogenated alkanes) is 22. The van der Waals surface area contributed by atoms with Crippen LogP contribution in [0, 0.1) is 0 Å². The fourth-order valence-electron chi connectivity index (χ4n) is 6.51. The Morgan fingerprint density at radius 3 is 1.62 bits per heavy atom. The number of hydrogen-bond donors (Lipinski definition) is 7. The van der Waals surface area contributed by atoms with Gasteiger partial charge in [0.05, 0.1) is 25.4 Å². The summed E-state index contributed by atoms with van der Waals surface area (Å²) >= 11 is 0. The van der Waals surface area contributed by atoms with E-state index in [1.54, 1.807) is 6.08 Å². The van der Waals surface area contributed by atoms with E-state index in [9.17, 15) is 35.4 Å². The zero-order valence-corrected chi connectivity index (χ0v) is 31.8. The Morgan fingerprint density at radius 1 is 0.680 bits per heavy atom. The van der Waals surface area contributed by atoms with Crippen molar-refractivity contribution < 1.29 is 44.9 Å². The molecule has 10 nitrogen and oxygen atoms in total. The lowest BCUT2D eigenvalue weighted by molar-refractivity contribution is -0.302. The Balaban J connectivity index is 2.49. The Bertz CT molecular complexity index is 814. The van der Waals surface area contributed by atoms with Crippen molar-refractivity contribution in [3.05, 3.63) is 12.2 Å². The van der Waals surface area contributed by atoms with Crippen LogP contribution in [-0.2, 0) is 14.3 Å². The Morgan fingerprint density at radius 2 is 1.14 bits per heavy atom. The third-order valence-electron chi connectivity index (χ3n) is 9.97. The van der Waals surface area contributed by atoms with E-state index in [2.05, 4.69) is 19.2 Å². The van der Waals surface area contributed by atoms with Gasteiger partial charge in [-0.2, -0.15) is 0 Å². The molecular formula is C40H77NO9. The lowest BCUT2D eigenvalue weighted by Crippen LogP contribution is -2.60. The summed E-state index contributed by atoms with van der Waals surface area (Å²) in [6.07, 6.45) is 23.0. The highest BCUT2D eigenvalue weighted by atomic mass is 16.7. The van der Waals surface area contributed by atoms with E-state index in [0.717, 1.165) is 44.9 Å². The number of allylic oxidation sites excluding steroid dienone is 1. The largest absolute Gasteiger partial charge is 0.394 e. The molecule has 50 heavy (non-hydrogen) atoms. The van der Waals surface area contributed by atoms with Gasteiger partial charge in [0, 0.05) is 0 Å². The number of aliphatic hydroxyl groups is 6. The first-order valence-electron chi connectivity index (χ1n) is 20.5. The summed E-state index contributed by atoms with van der Waals surface area (Å²) in [5, 5.41) is 64.3. The molecular weight excluding hydrogens is 638 g/mol. The predicted octanol–water partition coefficient (Wildman–Crippen LogP) is 6.36. The minimum absolute atomic E-state index is 0.302. The van der Waals surface area contributed by atoms with Crippen LogP contribution in [0.3, 0.4) is 0 Å². The van der Waals surface area contributed by atoms with E-state index < -0.39 is 61.5 Å². The topological polar surface area (TPSA) is 169 Å². The van der Waals surface area contributed by atoms with Crippen LogP contribution in [-0.4, -0.2) is 98.7 Å². The number of hydrogen-bond acceptors (Lipinski definition) is 9. The lowest BCUT2D eigenvalue weighted by atomic mass is 9.99. The average molecular weight is 716 g/mol. The minimum atomic E-state index is -1.60. The number of aliphatic hydroxyl groups excluding tert-OH is 6. The number of nitrogens with one attached hydrogen (secondary N) is 1. The summed E-state index contributed by atoms with van der Waals surface area (Å²) < 4.78 is 11.1. The number of ether oxygens (including phenoxy) is 2. The second-order valence-electron chi connectivity index (χ2n) is 14.6. The van der Waals surface area contributed by atoms with E-state index in [4.69, 9.17) is 9.47 Å². The number of carbonyl (C=O) groups is 1. The zero-order valence-electron chi connectivity index (χ0n) is 31.8. The normalized spacial score (nSPS) is 22.9. The van der Waals surface area contributed by atoms with E-state index in [1.165, 1.54) is 109 Å².